The van der Waals surface area contributed by atoms with Gasteiger partial charge in [-0.25, -0.2) is 0 Å². The number of hydrogen-bond donors (Lipinski definition) is 2. The lowest BCUT2D eigenvalue weighted by Crippen LogP contribution is -2.42. The van der Waals surface area contributed by atoms with E-state index in [1.54, 1.807) is 0 Å². The Morgan fingerprint density at radius 3 is 2.50 bits per heavy atom. The molecule has 0 aliphatic carbocycles. The van der Waals surface area contributed by atoms with Crippen molar-refractivity contribution in [2.45, 2.75) is 45.7 Å². The average Bonchev–Trinajstić information content (AvgIpc) is 2.45. The van der Waals surface area contributed by atoms with Crippen molar-refractivity contribution < 1.29 is 5.11 Å². The van der Waals surface area contributed by atoms with Crippen LogP contribution in [0.25, 0.3) is 0 Å². The van der Waals surface area contributed by atoms with Crippen molar-refractivity contribution in [3.05, 3.63) is 15.9 Å². The molecule has 16 heavy (non-hydrogen) atoms. The molecule has 0 saturated heterocycles. The molecule has 0 amide bonds. The first-order valence-corrected chi connectivity index (χ1v) is 6.19. The third-order valence-electron chi connectivity index (χ3n) is 2.78. The molecule has 0 fully saturated rings. The highest BCUT2D eigenvalue weighted by molar-refractivity contribution is 9.10. The molecule has 0 aliphatic rings. The van der Waals surface area contributed by atoms with Crippen molar-refractivity contribution >= 4 is 15.9 Å². The highest BCUT2D eigenvalue weighted by Gasteiger charge is 2.23. The van der Waals surface area contributed by atoms with Crippen LogP contribution in [0, 0.1) is 13.8 Å². The molecule has 2 atom stereocenters. The Morgan fingerprint density at radius 1 is 1.56 bits per heavy atom. The molecular formula is C11H20BrN3O. The smallest absolute Gasteiger partial charge is 0.0738 e. The summed E-state index contributed by atoms with van der Waals surface area (Å²) in [5.74, 6) is 0. The number of rotatable bonds is 4. The zero-order valence-corrected chi connectivity index (χ0v) is 11.9. The standard InChI is InChI=1S/C11H20BrN3O/c1-7(5-11(4,13)6-16)15-9(3)10(12)8(2)14-15/h7,16H,5-6,13H2,1-4H3. The summed E-state index contributed by atoms with van der Waals surface area (Å²) in [6, 6.07) is 0.173. The van der Waals surface area contributed by atoms with Gasteiger partial charge in [0.15, 0.2) is 0 Å². The van der Waals surface area contributed by atoms with E-state index in [9.17, 15) is 0 Å². The summed E-state index contributed by atoms with van der Waals surface area (Å²) in [6.45, 7) is 7.88. The van der Waals surface area contributed by atoms with Crippen molar-refractivity contribution in [2.75, 3.05) is 6.61 Å². The number of nitrogens with two attached hydrogens (primary N) is 1. The van der Waals surface area contributed by atoms with Crippen molar-refractivity contribution in [1.82, 2.24) is 9.78 Å². The van der Waals surface area contributed by atoms with E-state index in [-0.39, 0.29) is 12.6 Å². The first kappa shape index (κ1) is 13.7. The van der Waals surface area contributed by atoms with Crippen LogP contribution in [0.3, 0.4) is 0 Å². The molecule has 4 nitrogen and oxygen atoms in total. The van der Waals surface area contributed by atoms with Crippen molar-refractivity contribution in [1.29, 1.82) is 0 Å². The van der Waals surface area contributed by atoms with E-state index < -0.39 is 5.54 Å². The molecule has 0 bridgehead atoms. The van der Waals surface area contributed by atoms with Crippen LogP contribution in [0.2, 0.25) is 0 Å². The van der Waals surface area contributed by atoms with Gasteiger partial charge < -0.3 is 10.8 Å². The van der Waals surface area contributed by atoms with E-state index in [1.807, 2.05) is 25.5 Å². The Balaban J connectivity index is 2.89. The summed E-state index contributed by atoms with van der Waals surface area (Å²) < 4.78 is 3.00. The van der Waals surface area contributed by atoms with Gasteiger partial charge in [0.2, 0.25) is 0 Å². The van der Waals surface area contributed by atoms with E-state index in [2.05, 4.69) is 28.0 Å². The summed E-state index contributed by atoms with van der Waals surface area (Å²) in [7, 11) is 0. The number of aromatic nitrogens is 2. The maximum Gasteiger partial charge on any atom is 0.0738 e. The van der Waals surface area contributed by atoms with E-state index in [1.165, 1.54) is 0 Å². The summed E-state index contributed by atoms with van der Waals surface area (Å²) in [5, 5.41) is 13.6. The lowest BCUT2D eigenvalue weighted by Gasteiger charge is -2.26. The summed E-state index contributed by atoms with van der Waals surface area (Å²) in [4.78, 5) is 0. The zero-order valence-electron chi connectivity index (χ0n) is 10.3. The molecule has 0 radical (unpaired) electrons. The van der Waals surface area contributed by atoms with Crippen LogP contribution in [-0.2, 0) is 0 Å². The van der Waals surface area contributed by atoms with Gasteiger partial charge in [0.05, 0.1) is 28.5 Å². The second-order valence-corrected chi connectivity index (χ2v) is 5.59. The molecule has 0 aliphatic heterocycles. The van der Waals surface area contributed by atoms with E-state index in [4.69, 9.17) is 10.8 Å². The molecule has 2 unspecified atom stereocenters. The topological polar surface area (TPSA) is 64.1 Å². The number of aliphatic hydroxyl groups excluding tert-OH is 1. The fourth-order valence-corrected chi connectivity index (χ4v) is 2.16. The van der Waals surface area contributed by atoms with Crippen LogP contribution in [0.4, 0.5) is 0 Å². The quantitative estimate of drug-likeness (QED) is 0.890. The van der Waals surface area contributed by atoms with Gasteiger partial charge in [0.25, 0.3) is 0 Å². The SMILES string of the molecule is Cc1nn(C(C)CC(C)(N)CO)c(C)c1Br. The average molecular weight is 290 g/mol. The monoisotopic (exact) mass is 289 g/mol. The van der Waals surface area contributed by atoms with Crippen molar-refractivity contribution in [2.24, 2.45) is 5.73 Å². The fraction of sp³-hybridized carbons (Fsp3) is 0.727. The first-order valence-electron chi connectivity index (χ1n) is 5.39. The largest absolute Gasteiger partial charge is 0.394 e. The van der Waals surface area contributed by atoms with Gasteiger partial charge in [0, 0.05) is 5.54 Å². The fourth-order valence-electron chi connectivity index (χ4n) is 1.90. The van der Waals surface area contributed by atoms with Gasteiger partial charge in [0.1, 0.15) is 0 Å². The van der Waals surface area contributed by atoms with Gasteiger partial charge in [-0.3, -0.25) is 4.68 Å². The predicted molar refractivity (Wildman–Crippen MR) is 68.4 cm³/mol. The third-order valence-corrected chi connectivity index (χ3v) is 3.92. The summed E-state index contributed by atoms with van der Waals surface area (Å²) in [5.41, 5.74) is 7.46. The highest BCUT2D eigenvalue weighted by atomic mass is 79.9. The van der Waals surface area contributed by atoms with E-state index >= 15 is 0 Å². The number of aliphatic hydroxyl groups is 1. The predicted octanol–water partition coefficient (Wildman–Crippen LogP) is 1.92. The van der Waals surface area contributed by atoms with Crippen molar-refractivity contribution in [3.8, 4) is 0 Å². The number of aryl methyl sites for hydroxylation is 1. The lowest BCUT2D eigenvalue weighted by atomic mass is 9.96. The Labute approximate surface area is 105 Å². The molecule has 1 aromatic heterocycles. The van der Waals surface area contributed by atoms with Gasteiger partial charge >= 0.3 is 0 Å². The van der Waals surface area contributed by atoms with Crippen LogP contribution >= 0.6 is 15.9 Å². The second kappa shape index (κ2) is 4.85. The molecule has 1 aromatic rings. The van der Waals surface area contributed by atoms with Crippen LogP contribution in [0.15, 0.2) is 4.47 Å². The molecule has 3 N–H and O–H groups in total. The third kappa shape index (κ3) is 2.84. The van der Waals surface area contributed by atoms with Crippen LogP contribution in [0.1, 0.15) is 37.7 Å². The maximum atomic E-state index is 9.15. The van der Waals surface area contributed by atoms with Crippen LogP contribution in [0.5, 0.6) is 0 Å². The minimum atomic E-state index is -0.557. The highest BCUT2D eigenvalue weighted by Crippen LogP contribution is 2.26. The first-order chi connectivity index (χ1) is 7.28. The lowest BCUT2D eigenvalue weighted by molar-refractivity contribution is 0.182. The molecule has 0 saturated carbocycles. The van der Waals surface area contributed by atoms with Gasteiger partial charge in [-0.2, -0.15) is 5.10 Å². The molecule has 0 aromatic carbocycles. The molecule has 92 valence electrons. The second-order valence-electron chi connectivity index (χ2n) is 4.79. The molecule has 5 heteroatoms. The Morgan fingerprint density at radius 2 is 2.12 bits per heavy atom. The minimum absolute atomic E-state index is 0.0161. The molecule has 1 rings (SSSR count). The summed E-state index contributed by atoms with van der Waals surface area (Å²) in [6.07, 6.45) is 0.692. The minimum Gasteiger partial charge on any atom is -0.394 e. The molecular weight excluding hydrogens is 270 g/mol. The van der Waals surface area contributed by atoms with Gasteiger partial charge in [-0.1, -0.05) is 0 Å². The van der Waals surface area contributed by atoms with Crippen LogP contribution < -0.4 is 5.73 Å². The molecule has 1 heterocycles. The summed E-state index contributed by atoms with van der Waals surface area (Å²) >= 11 is 3.50. The zero-order chi connectivity index (χ0) is 12.5. The molecule has 0 spiro atoms. The number of hydrogen-bond acceptors (Lipinski definition) is 3. The Kier molecular flexibility index (Phi) is 4.15. The van der Waals surface area contributed by atoms with Gasteiger partial charge in [-0.15, -0.1) is 0 Å². The Bertz CT molecular complexity index is 374. The van der Waals surface area contributed by atoms with E-state index in [0.717, 1.165) is 15.9 Å². The van der Waals surface area contributed by atoms with Crippen molar-refractivity contribution in [3.63, 3.8) is 0 Å². The number of nitrogens with zero attached hydrogens (tertiary/aromatic N) is 2. The van der Waals surface area contributed by atoms with Gasteiger partial charge in [-0.05, 0) is 50.0 Å². The normalized spacial score (nSPS) is 17.2. The van der Waals surface area contributed by atoms with E-state index in [0.29, 0.717) is 6.42 Å². The van der Waals surface area contributed by atoms with Crippen LogP contribution in [-0.4, -0.2) is 27.0 Å². The Hall–Kier alpha value is -0.390. The maximum absolute atomic E-state index is 9.15. The number of halogens is 1.